The molecule has 2 atom stereocenters. The SMILES string of the molecule is O=C(NC[C@H](O)CN1CCc2ccccc2C1)c1cc(CC2CCN(CC(F)(F)F)C2)ncn1. The number of alkyl halides is 3. The average Bonchev–Trinajstić information content (AvgIpc) is 3.22. The highest BCUT2D eigenvalue weighted by molar-refractivity contribution is 5.92. The van der Waals surface area contributed by atoms with E-state index < -0.39 is 24.7 Å². The number of aliphatic hydroxyl groups excluding tert-OH is 1. The van der Waals surface area contributed by atoms with Crippen molar-refractivity contribution in [2.45, 2.75) is 38.1 Å². The van der Waals surface area contributed by atoms with E-state index in [9.17, 15) is 23.1 Å². The van der Waals surface area contributed by atoms with E-state index in [4.69, 9.17) is 0 Å². The van der Waals surface area contributed by atoms with Crippen LogP contribution in [-0.2, 0) is 19.4 Å². The van der Waals surface area contributed by atoms with Gasteiger partial charge in [-0.3, -0.25) is 14.6 Å². The number of aliphatic hydroxyl groups is 1. The molecule has 0 aliphatic carbocycles. The second kappa shape index (κ2) is 10.8. The number of hydrogen-bond acceptors (Lipinski definition) is 6. The van der Waals surface area contributed by atoms with Gasteiger partial charge in [-0.2, -0.15) is 13.2 Å². The maximum Gasteiger partial charge on any atom is 0.401 e. The van der Waals surface area contributed by atoms with Crippen LogP contribution < -0.4 is 5.32 Å². The summed E-state index contributed by atoms with van der Waals surface area (Å²) in [6.45, 7) is 2.07. The molecule has 1 aromatic heterocycles. The topological polar surface area (TPSA) is 81.6 Å². The molecule has 2 aliphatic rings. The molecule has 0 saturated carbocycles. The number of fused-ring (bicyclic) bond motifs is 1. The third kappa shape index (κ3) is 6.97. The monoisotopic (exact) mass is 477 g/mol. The Labute approximate surface area is 197 Å². The number of nitrogens with zero attached hydrogens (tertiary/aromatic N) is 4. The number of likely N-dealkylation sites (tertiary alicyclic amines) is 1. The third-order valence-corrected chi connectivity index (χ3v) is 6.40. The Hall–Kier alpha value is -2.56. The van der Waals surface area contributed by atoms with Gasteiger partial charge in [0.05, 0.1) is 12.6 Å². The summed E-state index contributed by atoms with van der Waals surface area (Å²) in [7, 11) is 0. The van der Waals surface area contributed by atoms with Gasteiger partial charge in [0, 0.05) is 38.4 Å². The molecule has 2 aromatic rings. The van der Waals surface area contributed by atoms with E-state index in [0.29, 0.717) is 38.2 Å². The fraction of sp³-hybridized carbons (Fsp3) is 0.542. The van der Waals surface area contributed by atoms with Gasteiger partial charge in [0.15, 0.2) is 0 Å². The van der Waals surface area contributed by atoms with E-state index >= 15 is 0 Å². The molecule has 184 valence electrons. The van der Waals surface area contributed by atoms with E-state index in [1.807, 2.05) is 12.1 Å². The molecular formula is C24H30F3N5O2. The van der Waals surface area contributed by atoms with Crippen LogP contribution >= 0.6 is 0 Å². The van der Waals surface area contributed by atoms with Crippen LogP contribution in [0.1, 0.15) is 33.7 Å². The molecule has 1 saturated heterocycles. The highest BCUT2D eigenvalue weighted by Gasteiger charge is 2.34. The van der Waals surface area contributed by atoms with Gasteiger partial charge < -0.3 is 10.4 Å². The van der Waals surface area contributed by atoms with Crippen molar-refractivity contribution < 1.29 is 23.1 Å². The first-order valence-corrected chi connectivity index (χ1v) is 11.6. The Bertz CT molecular complexity index is 987. The Morgan fingerprint density at radius 1 is 1.18 bits per heavy atom. The van der Waals surface area contributed by atoms with Crippen LogP contribution in [0.2, 0.25) is 0 Å². The van der Waals surface area contributed by atoms with E-state index in [1.54, 1.807) is 6.07 Å². The number of rotatable bonds is 8. The van der Waals surface area contributed by atoms with Crippen molar-refractivity contribution in [2.75, 3.05) is 39.3 Å². The first-order chi connectivity index (χ1) is 16.2. The van der Waals surface area contributed by atoms with Crippen LogP contribution in [-0.4, -0.2) is 82.3 Å². The summed E-state index contributed by atoms with van der Waals surface area (Å²) in [6, 6.07) is 9.86. The summed E-state index contributed by atoms with van der Waals surface area (Å²) in [5, 5.41) is 13.1. The van der Waals surface area contributed by atoms with Gasteiger partial charge >= 0.3 is 6.18 Å². The van der Waals surface area contributed by atoms with E-state index in [0.717, 1.165) is 19.5 Å². The highest BCUT2D eigenvalue weighted by Crippen LogP contribution is 2.24. The molecule has 4 rings (SSSR count). The number of nitrogens with one attached hydrogen (secondary N) is 1. The minimum Gasteiger partial charge on any atom is -0.390 e. The fourth-order valence-electron chi connectivity index (χ4n) is 4.78. The molecule has 3 heterocycles. The zero-order valence-corrected chi connectivity index (χ0v) is 19.0. The molecule has 1 amide bonds. The molecule has 7 nitrogen and oxygen atoms in total. The van der Waals surface area contributed by atoms with Crippen LogP contribution in [0.15, 0.2) is 36.7 Å². The first kappa shape index (κ1) is 24.6. The number of benzene rings is 1. The van der Waals surface area contributed by atoms with Gasteiger partial charge in [-0.25, -0.2) is 9.97 Å². The Kier molecular flexibility index (Phi) is 7.80. The van der Waals surface area contributed by atoms with E-state index in [1.165, 1.54) is 22.4 Å². The number of aromatic nitrogens is 2. The van der Waals surface area contributed by atoms with Gasteiger partial charge in [-0.05, 0) is 48.9 Å². The molecule has 0 bridgehead atoms. The maximum absolute atomic E-state index is 12.6. The molecule has 1 aromatic carbocycles. The lowest BCUT2D eigenvalue weighted by molar-refractivity contribution is -0.143. The molecule has 2 N–H and O–H groups in total. The molecule has 10 heteroatoms. The molecule has 1 unspecified atom stereocenters. The van der Waals surface area contributed by atoms with Crippen molar-refractivity contribution >= 4 is 5.91 Å². The standard InChI is InChI=1S/C24H30F3N5O2/c25-24(26,27)15-32-7-5-17(12-32)9-20-10-22(30-16-29-20)23(34)28-11-21(33)14-31-8-6-18-3-1-2-4-19(18)13-31/h1-4,10,16-17,21,33H,5-9,11-15H2,(H,28,34)/t17?,21-/m0/s1. The van der Waals surface area contributed by atoms with E-state index in [-0.39, 0.29) is 18.2 Å². The van der Waals surface area contributed by atoms with E-state index in [2.05, 4.69) is 32.3 Å². The quantitative estimate of drug-likeness (QED) is 0.606. The predicted octanol–water partition coefficient (Wildman–Crippen LogP) is 2.05. The summed E-state index contributed by atoms with van der Waals surface area (Å²) in [5.41, 5.74) is 3.43. The molecule has 0 radical (unpaired) electrons. The van der Waals surface area contributed by atoms with Gasteiger partial charge in [0.25, 0.3) is 5.91 Å². The average molecular weight is 478 g/mol. The van der Waals surface area contributed by atoms with Crippen LogP contribution in [0.4, 0.5) is 13.2 Å². The molecule has 0 spiro atoms. The zero-order valence-electron chi connectivity index (χ0n) is 19.0. The summed E-state index contributed by atoms with van der Waals surface area (Å²) < 4.78 is 37.8. The van der Waals surface area contributed by atoms with Gasteiger partial charge in [0.1, 0.15) is 12.0 Å². The maximum atomic E-state index is 12.6. The Morgan fingerprint density at radius 3 is 2.76 bits per heavy atom. The predicted molar refractivity (Wildman–Crippen MR) is 120 cm³/mol. The summed E-state index contributed by atoms with van der Waals surface area (Å²) in [5.74, 6) is -0.346. The Balaban J connectivity index is 1.23. The number of β-amino-alcohol motifs (C(OH)–C–C–N with tert-alkyl or cyclic N) is 1. The van der Waals surface area contributed by atoms with Crippen LogP contribution in [0.3, 0.4) is 0 Å². The van der Waals surface area contributed by atoms with Crippen LogP contribution in [0, 0.1) is 5.92 Å². The van der Waals surface area contributed by atoms with Crippen molar-refractivity contribution in [3.05, 3.63) is 59.2 Å². The van der Waals surface area contributed by atoms with Crippen molar-refractivity contribution in [1.82, 2.24) is 25.1 Å². The second-order valence-corrected chi connectivity index (χ2v) is 9.22. The van der Waals surface area contributed by atoms with Crippen molar-refractivity contribution in [3.8, 4) is 0 Å². The zero-order chi connectivity index (χ0) is 24.1. The van der Waals surface area contributed by atoms with Gasteiger partial charge in [-0.1, -0.05) is 24.3 Å². The normalized spacial score (nSPS) is 20.2. The smallest absolute Gasteiger partial charge is 0.390 e. The third-order valence-electron chi connectivity index (χ3n) is 6.40. The molecule has 2 aliphatic heterocycles. The van der Waals surface area contributed by atoms with Crippen molar-refractivity contribution in [1.29, 1.82) is 0 Å². The van der Waals surface area contributed by atoms with Crippen molar-refractivity contribution in [3.63, 3.8) is 0 Å². The van der Waals surface area contributed by atoms with Gasteiger partial charge in [-0.15, -0.1) is 0 Å². The van der Waals surface area contributed by atoms with Gasteiger partial charge in [0.2, 0.25) is 0 Å². The fourth-order valence-corrected chi connectivity index (χ4v) is 4.78. The number of carbonyl (C=O) groups is 1. The number of hydrogen-bond donors (Lipinski definition) is 2. The molecule has 1 fully saturated rings. The molecular weight excluding hydrogens is 447 g/mol. The number of carbonyl (C=O) groups excluding carboxylic acids is 1. The minimum absolute atomic E-state index is 0.0599. The van der Waals surface area contributed by atoms with Crippen molar-refractivity contribution in [2.24, 2.45) is 5.92 Å². The first-order valence-electron chi connectivity index (χ1n) is 11.6. The summed E-state index contributed by atoms with van der Waals surface area (Å²) in [4.78, 5) is 24.3. The lowest BCUT2D eigenvalue weighted by atomic mass is 10.00. The molecule has 34 heavy (non-hydrogen) atoms. The lowest BCUT2D eigenvalue weighted by Gasteiger charge is -2.30. The second-order valence-electron chi connectivity index (χ2n) is 9.22. The summed E-state index contributed by atoms with van der Waals surface area (Å²) >= 11 is 0. The summed E-state index contributed by atoms with van der Waals surface area (Å²) in [6.07, 6.45) is -1.51. The van der Waals surface area contributed by atoms with Crippen LogP contribution in [0.25, 0.3) is 0 Å². The Morgan fingerprint density at radius 2 is 1.97 bits per heavy atom. The highest BCUT2D eigenvalue weighted by atomic mass is 19.4. The number of halogens is 3. The lowest BCUT2D eigenvalue weighted by Crippen LogP contribution is -2.42. The van der Waals surface area contributed by atoms with Crippen LogP contribution in [0.5, 0.6) is 0 Å². The largest absolute Gasteiger partial charge is 0.401 e. The number of amides is 1. The minimum atomic E-state index is -4.20.